The highest BCUT2D eigenvalue weighted by Gasteiger charge is 2.24. The summed E-state index contributed by atoms with van der Waals surface area (Å²) in [4.78, 5) is 14.6. The number of carbonyl (C=O) groups is 1. The van der Waals surface area contributed by atoms with Gasteiger partial charge in [-0.2, -0.15) is 0 Å². The van der Waals surface area contributed by atoms with Crippen LogP contribution in [0.15, 0.2) is 18.2 Å². The number of anilines is 2. The number of rotatable bonds is 4. The van der Waals surface area contributed by atoms with Crippen LogP contribution < -0.4 is 11.1 Å². The highest BCUT2D eigenvalue weighted by Crippen LogP contribution is 2.23. The van der Waals surface area contributed by atoms with E-state index in [4.69, 9.17) is 5.73 Å². The number of nitrogens with one attached hydrogen (secondary N) is 1. The largest absolute Gasteiger partial charge is 0.399 e. The van der Waals surface area contributed by atoms with Crippen molar-refractivity contribution in [3.63, 3.8) is 0 Å². The summed E-state index contributed by atoms with van der Waals surface area (Å²) < 4.78 is 0. The van der Waals surface area contributed by atoms with E-state index in [1.807, 2.05) is 25.1 Å². The molecule has 2 atom stereocenters. The van der Waals surface area contributed by atoms with E-state index in [0.717, 1.165) is 23.5 Å². The predicted molar refractivity (Wildman–Crippen MR) is 88.3 cm³/mol. The fourth-order valence-electron chi connectivity index (χ4n) is 3.19. The highest BCUT2D eigenvalue weighted by atomic mass is 16.1. The zero-order chi connectivity index (χ0) is 15.4. The summed E-state index contributed by atoms with van der Waals surface area (Å²) in [5.74, 6) is 0.0767. The number of nitrogen functional groups attached to an aromatic ring is 1. The molecule has 0 aliphatic carbocycles. The van der Waals surface area contributed by atoms with Gasteiger partial charge >= 0.3 is 0 Å². The van der Waals surface area contributed by atoms with Gasteiger partial charge < -0.3 is 11.1 Å². The summed E-state index contributed by atoms with van der Waals surface area (Å²) in [6, 6.07) is 6.73. The molecule has 0 radical (unpaired) electrons. The topological polar surface area (TPSA) is 58.4 Å². The highest BCUT2D eigenvalue weighted by molar-refractivity contribution is 5.91. The van der Waals surface area contributed by atoms with E-state index >= 15 is 0 Å². The molecule has 1 saturated heterocycles. The molecule has 0 aromatic heterocycles. The van der Waals surface area contributed by atoms with Crippen LogP contribution in [0, 0.1) is 6.92 Å². The van der Waals surface area contributed by atoms with Crippen LogP contribution in [0.25, 0.3) is 0 Å². The summed E-state index contributed by atoms with van der Waals surface area (Å²) in [6.45, 7) is 7.32. The Balaban J connectivity index is 1.87. The standard InChI is InChI=1S/C17H27N3O/c1-12-11-15(18)7-8-16(12)19-17(21)9-10-20-13(2)5-4-6-14(20)3/h7-8,11,13-14H,4-6,9-10,18H2,1-3H3,(H,19,21)/t13-,14+. The summed E-state index contributed by atoms with van der Waals surface area (Å²) in [6.07, 6.45) is 4.32. The van der Waals surface area contributed by atoms with Crippen molar-refractivity contribution in [3.05, 3.63) is 23.8 Å². The Morgan fingerprint density at radius 3 is 2.62 bits per heavy atom. The molecule has 2 rings (SSSR count). The fourth-order valence-corrected chi connectivity index (χ4v) is 3.19. The molecule has 0 saturated carbocycles. The first-order valence-corrected chi connectivity index (χ1v) is 7.89. The molecule has 1 aliphatic rings. The maximum atomic E-state index is 12.1. The monoisotopic (exact) mass is 289 g/mol. The Hall–Kier alpha value is -1.55. The lowest BCUT2D eigenvalue weighted by Crippen LogP contribution is -2.44. The third-order valence-corrected chi connectivity index (χ3v) is 4.50. The minimum absolute atomic E-state index is 0.0767. The molecule has 0 unspecified atom stereocenters. The molecule has 21 heavy (non-hydrogen) atoms. The van der Waals surface area contributed by atoms with Gasteiger partial charge in [-0.25, -0.2) is 0 Å². The number of piperidine rings is 1. The molecule has 116 valence electrons. The van der Waals surface area contributed by atoms with E-state index in [1.165, 1.54) is 19.3 Å². The van der Waals surface area contributed by atoms with Gasteiger partial charge in [-0.15, -0.1) is 0 Å². The quantitative estimate of drug-likeness (QED) is 0.837. The van der Waals surface area contributed by atoms with Crippen molar-refractivity contribution in [3.8, 4) is 0 Å². The van der Waals surface area contributed by atoms with Crippen LogP contribution in [-0.4, -0.2) is 29.4 Å². The zero-order valence-corrected chi connectivity index (χ0v) is 13.4. The Morgan fingerprint density at radius 2 is 2.00 bits per heavy atom. The lowest BCUT2D eigenvalue weighted by molar-refractivity contribution is -0.116. The van der Waals surface area contributed by atoms with E-state index in [1.54, 1.807) is 0 Å². The number of benzene rings is 1. The molecular weight excluding hydrogens is 262 g/mol. The van der Waals surface area contributed by atoms with Crippen LogP contribution in [-0.2, 0) is 4.79 Å². The minimum Gasteiger partial charge on any atom is -0.399 e. The second-order valence-electron chi connectivity index (χ2n) is 6.24. The molecule has 1 aromatic carbocycles. The third kappa shape index (κ3) is 4.21. The number of amides is 1. The van der Waals surface area contributed by atoms with Gasteiger partial charge in [0.15, 0.2) is 0 Å². The Bertz CT molecular complexity index is 491. The van der Waals surface area contributed by atoms with E-state index in [9.17, 15) is 4.79 Å². The SMILES string of the molecule is Cc1cc(N)ccc1NC(=O)CCN1[C@H](C)CCC[C@@H]1C. The molecule has 0 spiro atoms. The first kappa shape index (κ1) is 15.8. The van der Waals surface area contributed by atoms with Gasteiger partial charge in [0.2, 0.25) is 5.91 Å². The van der Waals surface area contributed by atoms with Crippen molar-refractivity contribution in [2.75, 3.05) is 17.6 Å². The number of likely N-dealkylation sites (tertiary alicyclic amines) is 1. The maximum Gasteiger partial charge on any atom is 0.225 e. The summed E-state index contributed by atoms with van der Waals surface area (Å²) >= 11 is 0. The number of aryl methyl sites for hydroxylation is 1. The number of hydrogen-bond donors (Lipinski definition) is 2. The van der Waals surface area contributed by atoms with Crippen molar-refractivity contribution < 1.29 is 4.79 Å². The van der Waals surface area contributed by atoms with Crippen LogP contribution in [0.5, 0.6) is 0 Å². The van der Waals surface area contributed by atoms with Gasteiger partial charge in [0, 0.05) is 36.4 Å². The van der Waals surface area contributed by atoms with Crippen molar-refractivity contribution >= 4 is 17.3 Å². The molecule has 1 fully saturated rings. The molecule has 4 nitrogen and oxygen atoms in total. The van der Waals surface area contributed by atoms with Crippen molar-refractivity contribution in [2.45, 2.75) is 58.5 Å². The average Bonchev–Trinajstić information content (AvgIpc) is 2.41. The maximum absolute atomic E-state index is 12.1. The number of nitrogens with zero attached hydrogens (tertiary/aromatic N) is 1. The smallest absolute Gasteiger partial charge is 0.225 e. The van der Waals surface area contributed by atoms with Crippen LogP contribution in [0.4, 0.5) is 11.4 Å². The van der Waals surface area contributed by atoms with E-state index < -0.39 is 0 Å². The number of nitrogens with two attached hydrogens (primary N) is 1. The number of carbonyl (C=O) groups excluding carboxylic acids is 1. The van der Waals surface area contributed by atoms with Gasteiger partial charge in [0.1, 0.15) is 0 Å². The second-order valence-corrected chi connectivity index (χ2v) is 6.24. The van der Waals surface area contributed by atoms with Gasteiger partial charge in [-0.05, 0) is 57.4 Å². The molecule has 3 N–H and O–H groups in total. The number of hydrogen-bond acceptors (Lipinski definition) is 3. The van der Waals surface area contributed by atoms with E-state index in [0.29, 0.717) is 18.5 Å². The zero-order valence-electron chi connectivity index (χ0n) is 13.4. The normalized spacial score (nSPS) is 23.0. The predicted octanol–water partition coefficient (Wildman–Crippen LogP) is 3.17. The van der Waals surface area contributed by atoms with Crippen molar-refractivity contribution in [1.82, 2.24) is 4.90 Å². The van der Waals surface area contributed by atoms with Gasteiger partial charge in [-0.3, -0.25) is 9.69 Å². The summed E-state index contributed by atoms with van der Waals surface area (Å²) in [5, 5.41) is 2.99. The second kappa shape index (κ2) is 6.94. The molecule has 1 heterocycles. The molecule has 1 aliphatic heterocycles. The fraction of sp³-hybridized carbons (Fsp3) is 0.588. The van der Waals surface area contributed by atoms with Crippen LogP contribution >= 0.6 is 0 Å². The van der Waals surface area contributed by atoms with E-state index in [-0.39, 0.29) is 5.91 Å². The third-order valence-electron chi connectivity index (χ3n) is 4.50. The van der Waals surface area contributed by atoms with Crippen LogP contribution in [0.3, 0.4) is 0 Å². The summed E-state index contributed by atoms with van der Waals surface area (Å²) in [5.41, 5.74) is 8.31. The molecule has 0 bridgehead atoms. The minimum atomic E-state index is 0.0767. The van der Waals surface area contributed by atoms with Crippen molar-refractivity contribution in [2.24, 2.45) is 0 Å². The Labute approximate surface area is 127 Å². The van der Waals surface area contributed by atoms with Crippen molar-refractivity contribution in [1.29, 1.82) is 0 Å². The van der Waals surface area contributed by atoms with Gasteiger partial charge in [-0.1, -0.05) is 6.42 Å². The summed E-state index contributed by atoms with van der Waals surface area (Å²) in [7, 11) is 0. The van der Waals surface area contributed by atoms with E-state index in [2.05, 4.69) is 24.1 Å². The first-order chi connectivity index (χ1) is 9.97. The molecular formula is C17H27N3O. The lowest BCUT2D eigenvalue weighted by Gasteiger charge is -2.38. The first-order valence-electron chi connectivity index (χ1n) is 7.89. The Kier molecular flexibility index (Phi) is 5.23. The van der Waals surface area contributed by atoms with Crippen LogP contribution in [0.1, 0.15) is 45.1 Å². The molecule has 1 aromatic rings. The molecule has 4 heteroatoms. The average molecular weight is 289 g/mol. The Morgan fingerprint density at radius 1 is 1.33 bits per heavy atom. The van der Waals surface area contributed by atoms with Gasteiger partial charge in [0.05, 0.1) is 0 Å². The molecule has 1 amide bonds. The lowest BCUT2D eigenvalue weighted by atomic mass is 9.97. The van der Waals surface area contributed by atoms with Gasteiger partial charge in [0.25, 0.3) is 0 Å². The van der Waals surface area contributed by atoms with Crippen LogP contribution in [0.2, 0.25) is 0 Å².